The quantitative estimate of drug-likeness (QED) is 0.612. The molecule has 0 saturated carbocycles. The van der Waals surface area contributed by atoms with Gasteiger partial charge in [0.2, 0.25) is 0 Å². The van der Waals surface area contributed by atoms with Crippen molar-refractivity contribution < 1.29 is 19.0 Å². The van der Waals surface area contributed by atoms with Crippen molar-refractivity contribution >= 4 is 12.1 Å². The number of nitrogens with two attached hydrogens (primary N) is 1. The van der Waals surface area contributed by atoms with Gasteiger partial charge in [0, 0.05) is 26.2 Å². The van der Waals surface area contributed by atoms with E-state index in [0.717, 1.165) is 5.56 Å². The molecular formula is C20H32N4O4. The Labute approximate surface area is 167 Å². The molecule has 0 radical (unpaired) electrons. The molecule has 0 spiro atoms. The monoisotopic (exact) mass is 392 g/mol. The SMILES string of the molecule is CCOc1cc(CN=C(N)N2CCN(C(=O)OC(C)(C)C)CC2)ccc1OC. The lowest BCUT2D eigenvalue weighted by atomic mass is 10.2. The van der Waals surface area contributed by atoms with Crippen LogP contribution < -0.4 is 15.2 Å². The van der Waals surface area contributed by atoms with Crippen molar-refractivity contribution in [1.82, 2.24) is 9.80 Å². The molecule has 1 heterocycles. The van der Waals surface area contributed by atoms with Crippen molar-refractivity contribution in [3.8, 4) is 11.5 Å². The van der Waals surface area contributed by atoms with Crippen molar-refractivity contribution in [1.29, 1.82) is 0 Å². The average Bonchev–Trinajstić information content (AvgIpc) is 2.65. The van der Waals surface area contributed by atoms with E-state index in [2.05, 4.69) is 4.99 Å². The molecule has 0 atom stereocenters. The van der Waals surface area contributed by atoms with Crippen LogP contribution in [-0.2, 0) is 11.3 Å². The highest BCUT2D eigenvalue weighted by molar-refractivity contribution is 5.78. The van der Waals surface area contributed by atoms with Gasteiger partial charge in [-0.2, -0.15) is 0 Å². The molecule has 1 aromatic carbocycles. The fourth-order valence-corrected chi connectivity index (χ4v) is 2.80. The molecule has 1 aliphatic heterocycles. The molecule has 28 heavy (non-hydrogen) atoms. The van der Waals surface area contributed by atoms with E-state index in [4.69, 9.17) is 19.9 Å². The van der Waals surface area contributed by atoms with Gasteiger partial charge in [0.1, 0.15) is 5.60 Å². The third-order valence-corrected chi connectivity index (χ3v) is 4.21. The van der Waals surface area contributed by atoms with Crippen molar-refractivity contribution in [2.45, 2.75) is 39.8 Å². The smallest absolute Gasteiger partial charge is 0.410 e. The van der Waals surface area contributed by atoms with Gasteiger partial charge in [-0.25, -0.2) is 9.79 Å². The molecule has 1 fully saturated rings. The first-order chi connectivity index (χ1) is 13.2. The van der Waals surface area contributed by atoms with Crippen molar-refractivity contribution in [3.63, 3.8) is 0 Å². The maximum Gasteiger partial charge on any atom is 0.410 e. The second-order valence-corrected chi connectivity index (χ2v) is 7.55. The first-order valence-electron chi connectivity index (χ1n) is 9.56. The van der Waals surface area contributed by atoms with Gasteiger partial charge < -0.3 is 29.7 Å². The van der Waals surface area contributed by atoms with Gasteiger partial charge in [-0.3, -0.25) is 0 Å². The Balaban J connectivity index is 1.91. The third kappa shape index (κ3) is 6.21. The van der Waals surface area contributed by atoms with Crippen LogP contribution in [0.25, 0.3) is 0 Å². The van der Waals surface area contributed by atoms with Gasteiger partial charge in [0.25, 0.3) is 0 Å². The fourth-order valence-electron chi connectivity index (χ4n) is 2.80. The predicted octanol–water partition coefficient (Wildman–Crippen LogP) is 2.46. The molecule has 8 heteroatoms. The van der Waals surface area contributed by atoms with Gasteiger partial charge in [-0.1, -0.05) is 6.07 Å². The van der Waals surface area contributed by atoms with E-state index in [0.29, 0.717) is 56.8 Å². The summed E-state index contributed by atoms with van der Waals surface area (Å²) in [6.07, 6.45) is -0.288. The van der Waals surface area contributed by atoms with Crippen LogP contribution >= 0.6 is 0 Å². The number of guanidine groups is 1. The summed E-state index contributed by atoms with van der Waals surface area (Å²) in [7, 11) is 1.62. The number of piperazine rings is 1. The second kappa shape index (κ2) is 9.52. The first kappa shape index (κ1) is 21.7. The highest BCUT2D eigenvalue weighted by Gasteiger charge is 2.26. The van der Waals surface area contributed by atoms with Crippen LogP contribution in [0.5, 0.6) is 11.5 Å². The predicted molar refractivity (Wildman–Crippen MR) is 109 cm³/mol. The van der Waals surface area contributed by atoms with Crippen LogP contribution in [0.3, 0.4) is 0 Å². The van der Waals surface area contributed by atoms with Gasteiger partial charge in [0.05, 0.1) is 20.3 Å². The molecular weight excluding hydrogens is 360 g/mol. The number of nitrogens with zero attached hydrogens (tertiary/aromatic N) is 3. The lowest BCUT2D eigenvalue weighted by Gasteiger charge is -2.36. The fraction of sp³-hybridized carbons (Fsp3) is 0.600. The topological polar surface area (TPSA) is 89.6 Å². The number of amides is 1. The largest absolute Gasteiger partial charge is 0.493 e. The number of hydrogen-bond acceptors (Lipinski definition) is 5. The number of methoxy groups -OCH3 is 1. The Kier molecular flexibility index (Phi) is 7.37. The Morgan fingerprint density at radius 3 is 2.36 bits per heavy atom. The number of carbonyl (C=O) groups is 1. The molecule has 0 bridgehead atoms. The molecule has 1 aliphatic rings. The number of rotatable bonds is 5. The van der Waals surface area contributed by atoms with Gasteiger partial charge in [-0.05, 0) is 45.4 Å². The highest BCUT2D eigenvalue weighted by atomic mass is 16.6. The van der Waals surface area contributed by atoms with E-state index in [1.807, 2.05) is 50.8 Å². The Morgan fingerprint density at radius 1 is 1.14 bits per heavy atom. The minimum atomic E-state index is -0.493. The standard InChI is InChI=1S/C20H32N4O4/c1-6-27-17-13-15(7-8-16(17)26-5)14-22-18(21)23-9-11-24(12-10-23)19(25)28-20(2,3)4/h7-8,13H,6,9-12,14H2,1-5H3,(H2,21,22). The summed E-state index contributed by atoms with van der Waals surface area (Å²) in [5.74, 6) is 1.86. The normalized spacial score (nSPS) is 15.4. The zero-order valence-electron chi connectivity index (χ0n) is 17.5. The lowest BCUT2D eigenvalue weighted by Crippen LogP contribution is -2.53. The van der Waals surface area contributed by atoms with Crippen molar-refractivity contribution in [2.75, 3.05) is 39.9 Å². The van der Waals surface area contributed by atoms with Gasteiger partial charge in [0.15, 0.2) is 17.5 Å². The molecule has 2 N–H and O–H groups in total. The van der Waals surface area contributed by atoms with E-state index in [9.17, 15) is 4.79 Å². The van der Waals surface area contributed by atoms with E-state index in [-0.39, 0.29) is 6.09 Å². The molecule has 8 nitrogen and oxygen atoms in total. The number of hydrogen-bond donors (Lipinski definition) is 1. The van der Waals surface area contributed by atoms with Crippen LogP contribution in [-0.4, -0.2) is 67.3 Å². The molecule has 1 amide bonds. The van der Waals surface area contributed by atoms with E-state index in [1.54, 1.807) is 12.0 Å². The second-order valence-electron chi connectivity index (χ2n) is 7.55. The zero-order chi connectivity index (χ0) is 20.7. The van der Waals surface area contributed by atoms with Crippen molar-refractivity contribution in [2.24, 2.45) is 10.7 Å². The van der Waals surface area contributed by atoms with E-state index >= 15 is 0 Å². The minimum Gasteiger partial charge on any atom is -0.493 e. The van der Waals surface area contributed by atoms with Crippen LogP contribution in [0.15, 0.2) is 23.2 Å². The average molecular weight is 393 g/mol. The maximum atomic E-state index is 12.1. The maximum absolute atomic E-state index is 12.1. The highest BCUT2D eigenvalue weighted by Crippen LogP contribution is 2.28. The molecule has 0 unspecified atom stereocenters. The Bertz CT molecular complexity index is 692. The summed E-state index contributed by atoms with van der Waals surface area (Å²) in [4.78, 5) is 20.3. The number of aliphatic imine (C=N–C) groups is 1. The minimum absolute atomic E-state index is 0.288. The number of ether oxygens (including phenoxy) is 3. The van der Waals surface area contributed by atoms with E-state index in [1.165, 1.54) is 0 Å². The van der Waals surface area contributed by atoms with Crippen LogP contribution in [0.4, 0.5) is 4.79 Å². The zero-order valence-corrected chi connectivity index (χ0v) is 17.5. The van der Waals surface area contributed by atoms with Gasteiger partial charge in [-0.15, -0.1) is 0 Å². The summed E-state index contributed by atoms with van der Waals surface area (Å²) in [6, 6.07) is 5.73. The summed E-state index contributed by atoms with van der Waals surface area (Å²) in [6.45, 7) is 10.9. The molecule has 0 aliphatic carbocycles. The molecule has 0 aromatic heterocycles. The summed E-state index contributed by atoms with van der Waals surface area (Å²) >= 11 is 0. The van der Waals surface area contributed by atoms with Crippen LogP contribution in [0.1, 0.15) is 33.3 Å². The third-order valence-electron chi connectivity index (χ3n) is 4.21. The number of carbonyl (C=O) groups excluding carboxylic acids is 1. The van der Waals surface area contributed by atoms with Crippen LogP contribution in [0.2, 0.25) is 0 Å². The number of benzene rings is 1. The Morgan fingerprint density at radius 2 is 1.79 bits per heavy atom. The van der Waals surface area contributed by atoms with Crippen LogP contribution in [0, 0.1) is 0 Å². The summed E-state index contributed by atoms with van der Waals surface area (Å²) < 4.78 is 16.3. The van der Waals surface area contributed by atoms with E-state index < -0.39 is 5.60 Å². The molecule has 1 saturated heterocycles. The summed E-state index contributed by atoms with van der Waals surface area (Å²) in [5.41, 5.74) is 6.65. The molecule has 2 rings (SSSR count). The molecule has 156 valence electrons. The lowest BCUT2D eigenvalue weighted by molar-refractivity contribution is 0.0186. The van der Waals surface area contributed by atoms with Crippen molar-refractivity contribution in [3.05, 3.63) is 23.8 Å². The summed E-state index contributed by atoms with van der Waals surface area (Å²) in [5, 5.41) is 0. The Hall–Kier alpha value is -2.64. The molecule has 1 aromatic rings. The van der Waals surface area contributed by atoms with Gasteiger partial charge >= 0.3 is 6.09 Å². The first-order valence-corrected chi connectivity index (χ1v) is 9.56.